The highest BCUT2D eigenvalue weighted by Gasteiger charge is 2.06. The van der Waals surface area contributed by atoms with Crippen molar-refractivity contribution >= 4 is 22.7 Å². The van der Waals surface area contributed by atoms with Crippen LogP contribution in [0.3, 0.4) is 0 Å². The van der Waals surface area contributed by atoms with E-state index in [-0.39, 0.29) is 17.3 Å². The Morgan fingerprint density at radius 1 is 1.23 bits per heavy atom. The quantitative estimate of drug-likeness (QED) is 0.547. The Morgan fingerprint density at radius 3 is 2.38 bits per heavy atom. The van der Waals surface area contributed by atoms with Gasteiger partial charge in [0.25, 0.3) is 0 Å². The molecule has 13 heavy (non-hydrogen) atoms. The van der Waals surface area contributed by atoms with Crippen LogP contribution < -0.4 is 0 Å². The first-order valence-corrected chi connectivity index (χ1v) is 4.75. The normalized spacial score (nSPS) is 9.62. The molecule has 0 fully saturated rings. The molecule has 0 aliphatic rings. The average Bonchev–Trinajstić information content (AvgIpc) is 2.04. The van der Waals surface area contributed by atoms with Gasteiger partial charge in [0, 0.05) is 4.90 Å². The van der Waals surface area contributed by atoms with Gasteiger partial charge in [0.2, 0.25) is 5.12 Å². The molecule has 1 aromatic carbocycles. The topological polar surface area (TPSA) is 34.1 Å². The fourth-order valence-electron chi connectivity index (χ4n) is 0.859. The van der Waals surface area contributed by atoms with E-state index >= 15 is 0 Å². The van der Waals surface area contributed by atoms with E-state index in [0.29, 0.717) is 0 Å². The van der Waals surface area contributed by atoms with Crippen molar-refractivity contribution < 1.29 is 9.59 Å². The van der Waals surface area contributed by atoms with E-state index in [9.17, 15) is 9.59 Å². The molecule has 0 saturated heterocycles. The van der Waals surface area contributed by atoms with Crippen LogP contribution >= 0.6 is 11.8 Å². The van der Waals surface area contributed by atoms with Crippen molar-refractivity contribution in [3.8, 4) is 0 Å². The molecule has 0 aromatic heterocycles. The molecule has 0 unspecified atom stereocenters. The summed E-state index contributed by atoms with van der Waals surface area (Å²) in [5.74, 6) is -0.0894. The minimum Gasteiger partial charge on any atom is -0.300 e. The molecule has 0 spiro atoms. The monoisotopic (exact) mass is 194 g/mol. The minimum atomic E-state index is -0.0984. The number of carbonyl (C=O) groups is 2. The molecule has 0 radical (unpaired) electrons. The smallest absolute Gasteiger partial charge is 0.201 e. The molecular formula is C10H10O2S. The number of carbonyl (C=O) groups excluding carboxylic acids is 2. The molecule has 0 bridgehead atoms. The lowest BCUT2D eigenvalue weighted by Crippen LogP contribution is -1.98. The lowest BCUT2D eigenvalue weighted by Gasteiger charge is -1.97. The first kappa shape index (κ1) is 9.99. The maximum atomic E-state index is 11.2. The van der Waals surface area contributed by atoms with Crippen molar-refractivity contribution in [2.24, 2.45) is 0 Å². The number of thioether (sulfide) groups is 1. The van der Waals surface area contributed by atoms with E-state index in [1.807, 2.05) is 30.3 Å². The molecule has 1 aromatic rings. The van der Waals surface area contributed by atoms with Gasteiger partial charge in [-0.2, -0.15) is 0 Å². The zero-order valence-electron chi connectivity index (χ0n) is 7.32. The van der Waals surface area contributed by atoms with E-state index < -0.39 is 0 Å². The molecule has 68 valence electrons. The van der Waals surface area contributed by atoms with Gasteiger partial charge in [-0.05, 0) is 19.1 Å². The third kappa shape index (κ3) is 3.90. The standard InChI is InChI=1S/C10H10O2S/c1-8(11)7-10(12)13-9-5-3-2-4-6-9/h2-6H,7H2,1H3. The zero-order valence-corrected chi connectivity index (χ0v) is 8.14. The Bertz CT molecular complexity index is 306. The predicted octanol–water partition coefficient (Wildman–Crippen LogP) is 2.28. The largest absolute Gasteiger partial charge is 0.300 e. The first-order chi connectivity index (χ1) is 6.18. The Hall–Kier alpha value is -1.09. The van der Waals surface area contributed by atoms with Gasteiger partial charge < -0.3 is 0 Å². The fraction of sp³-hybridized carbons (Fsp3) is 0.200. The van der Waals surface area contributed by atoms with E-state index in [2.05, 4.69) is 0 Å². The Balaban J connectivity index is 2.50. The summed E-state index contributed by atoms with van der Waals surface area (Å²) in [5, 5.41) is -0.0984. The molecule has 3 heteroatoms. The maximum Gasteiger partial charge on any atom is 0.201 e. The van der Waals surface area contributed by atoms with Crippen LogP contribution in [0, 0.1) is 0 Å². The molecule has 0 heterocycles. The van der Waals surface area contributed by atoms with Gasteiger partial charge in [0.05, 0.1) is 6.42 Å². The summed E-state index contributed by atoms with van der Waals surface area (Å²) in [6.45, 7) is 1.42. The highest BCUT2D eigenvalue weighted by molar-refractivity contribution is 8.13. The summed E-state index contributed by atoms with van der Waals surface area (Å²) >= 11 is 1.11. The number of Topliss-reactive ketones (excluding diaryl/α,β-unsaturated/α-hetero) is 1. The second-order valence-electron chi connectivity index (χ2n) is 2.67. The highest BCUT2D eigenvalue weighted by atomic mass is 32.2. The second kappa shape index (κ2) is 4.82. The van der Waals surface area contributed by atoms with Crippen molar-refractivity contribution in [1.29, 1.82) is 0 Å². The van der Waals surface area contributed by atoms with Crippen molar-refractivity contribution in [2.75, 3.05) is 0 Å². The van der Waals surface area contributed by atoms with Gasteiger partial charge in [0.15, 0.2) is 0 Å². The van der Waals surface area contributed by atoms with Gasteiger partial charge in [-0.3, -0.25) is 9.59 Å². The van der Waals surface area contributed by atoms with Crippen LogP contribution in [-0.4, -0.2) is 10.9 Å². The molecular weight excluding hydrogens is 184 g/mol. The average molecular weight is 194 g/mol. The molecule has 2 nitrogen and oxygen atoms in total. The number of rotatable bonds is 3. The summed E-state index contributed by atoms with van der Waals surface area (Å²) in [4.78, 5) is 22.7. The molecule has 0 aliphatic carbocycles. The minimum absolute atomic E-state index is 0.0135. The molecule has 0 aliphatic heterocycles. The van der Waals surface area contributed by atoms with Crippen molar-refractivity contribution in [1.82, 2.24) is 0 Å². The SMILES string of the molecule is CC(=O)CC(=O)Sc1ccccc1. The van der Waals surface area contributed by atoms with Gasteiger partial charge in [-0.1, -0.05) is 30.0 Å². The van der Waals surface area contributed by atoms with Crippen LogP contribution in [0.15, 0.2) is 35.2 Å². The highest BCUT2D eigenvalue weighted by Crippen LogP contribution is 2.19. The summed E-state index contributed by atoms with van der Waals surface area (Å²) in [6, 6.07) is 9.32. The first-order valence-electron chi connectivity index (χ1n) is 3.93. The van der Waals surface area contributed by atoms with Gasteiger partial charge in [-0.15, -0.1) is 0 Å². The van der Waals surface area contributed by atoms with Crippen molar-refractivity contribution in [3.05, 3.63) is 30.3 Å². The van der Waals surface area contributed by atoms with E-state index in [4.69, 9.17) is 0 Å². The predicted molar refractivity (Wildman–Crippen MR) is 52.6 cm³/mol. The molecule has 1 rings (SSSR count). The third-order valence-electron chi connectivity index (χ3n) is 1.37. The summed E-state index contributed by atoms with van der Waals surface area (Å²) in [6.07, 6.45) is 0.0135. The number of hydrogen-bond acceptors (Lipinski definition) is 3. The zero-order chi connectivity index (χ0) is 9.68. The molecule has 0 N–H and O–H groups in total. The maximum absolute atomic E-state index is 11.2. The van der Waals surface area contributed by atoms with Gasteiger partial charge in [0.1, 0.15) is 5.78 Å². The Labute approximate surface area is 81.3 Å². The lowest BCUT2D eigenvalue weighted by atomic mass is 10.3. The van der Waals surface area contributed by atoms with Crippen LogP contribution in [0.2, 0.25) is 0 Å². The summed E-state index contributed by atoms with van der Waals surface area (Å²) in [7, 11) is 0. The van der Waals surface area contributed by atoms with Crippen LogP contribution in [0.4, 0.5) is 0 Å². The number of benzene rings is 1. The van der Waals surface area contributed by atoms with Crippen molar-refractivity contribution in [2.45, 2.75) is 18.2 Å². The van der Waals surface area contributed by atoms with Crippen LogP contribution in [0.5, 0.6) is 0 Å². The van der Waals surface area contributed by atoms with Crippen LogP contribution in [-0.2, 0) is 9.59 Å². The Morgan fingerprint density at radius 2 is 1.85 bits per heavy atom. The molecule has 0 atom stereocenters. The van der Waals surface area contributed by atoms with Gasteiger partial charge in [-0.25, -0.2) is 0 Å². The van der Waals surface area contributed by atoms with Gasteiger partial charge >= 0.3 is 0 Å². The lowest BCUT2D eigenvalue weighted by molar-refractivity contribution is -0.121. The second-order valence-corrected chi connectivity index (χ2v) is 3.80. The van der Waals surface area contributed by atoms with E-state index in [1.165, 1.54) is 6.92 Å². The number of ketones is 1. The number of hydrogen-bond donors (Lipinski definition) is 0. The Kier molecular flexibility index (Phi) is 3.71. The molecule has 0 saturated carbocycles. The van der Waals surface area contributed by atoms with Crippen LogP contribution in [0.25, 0.3) is 0 Å². The third-order valence-corrected chi connectivity index (χ3v) is 2.25. The summed E-state index contributed by atoms with van der Waals surface area (Å²) in [5.41, 5.74) is 0. The molecule has 0 amide bonds. The van der Waals surface area contributed by atoms with Crippen LogP contribution in [0.1, 0.15) is 13.3 Å². The fourth-order valence-corrected chi connectivity index (χ4v) is 1.69. The van der Waals surface area contributed by atoms with Crippen molar-refractivity contribution in [3.63, 3.8) is 0 Å². The van der Waals surface area contributed by atoms with E-state index in [1.54, 1.807) is 0 Å². The van der Waals surface area contributed by atoms with E-state index in [0.717, 1.165) is 16.7 Å². The summed E-state index contributed by atoms with van der Waals surface area (Å²) < 4.78 is 0.